The van der Waals surface area contributed by atoms with Crippen LogP contribution in [0.25, 0.3) is 10.2 Å². The summed E-state index contributed by atoms with van der Waals surface area (Å²) in [6.07, 6.45) is 0. The van der Waals surface area contributed by atoms with Crippen LogP contribution < -0.4 is 10.2 Å². The highest BCUT2D eigenvalue weighted by atomic mass is 32.1. The molecule has 1 aliphatic heterocycles. The van der Waals surface area contributed by atoms with Crippen LogP contribution in [0, 0.1) is 0 Å². The summed E-state index contributed by atoms with van der Waals surface area (Å²) in [5.41, 5.74) is 2.33. The van der Waals surface area contributed by atoms with Crippen molar-refractivity contribution in [2.75, 3.05) is 19.6 Å². The molecule has 0 radical (unpaired) electrons. The van der Waals surface area contributed by atoms with Gasteiger partial charge in [-0.05, 0) is 24.6 Å². The normalized spacial score (nSPS) is 21.1. The van der Waals surface area contributed by atoms with Crippen LogP contribution in [-0.2, 0) is 13.6 Å². The maximum absolute atomic E-state index is 11.7. The predicted octanol–water partition coefficient (Wildman–Crippen LogP) is 1.39. The van der Waals surface area contributed by atoms with E-state index in [-0.39, 0.29) is 4.87 Å². The quantitative estimate of drug-likeness (QED) is 0.901. The zero-order chi connectivity index (χ0) is 13.4. The molecule has 1 aromatic heterocycles. The molecule has 1 saturated heterocycles. The van der Waals surface area contributed by atoms with Crippen molar-refractivity contribution in [3.8, 4) is 0 Å². The molecule has 0 aliphatic carbocycles. The highest BCUT2D eigenvalue weighted by molar-refractivity contribution is 7.16. The smallest absolute Gasteiger partial charge is 0.307 e. The van der Waals surface area contributed by atoms with Gasteiger partial charge in [-0.3, -0.25) is 9.69 Å². The minimum Gasteiger partial charge on any atom is -0.314 e. The van der Waals surface area contributed by atoms with Gasteiger partial charge in [-0.15, -0.1) is 0 Å². The van der Waals surface area contributed by atoms with Crippen LogP contribution in [0.1, 0.15) is 12.5 Å². The number of hydrogen-bond donors (Lipinski definition) is 1. The Morgan fingerprint density at radius 2 is 2.32 bits per heavy atom. The van der Waals surface area contributed by atoms with Gasteiger partial charge in [0.1, 0.15) is 0 Å². The average molecular weight is 277 g/mol. The third-order valence-corrected chi connectivity index (χ3v) is 4.88. The van der Waals surface area contributed by atoms with Crippen LogP contribution in [0.15, 0.2) is 23.0 Å². The average Bonchev–Trinajstić information content (AvgIpc) is 2.68. The van der Waals surface area contributed by atoms with E-state index >= 15 is 0 Å². The van der Waals surface area contributed by atoms with Gasteiger partial charge in [0.05, 0.1) is 10.2 Å². The Morgan fingerprint density at radius 3 is 3.11 bits per heavy atom. The van der Waals surface area contributed by atoms with Crippen LogP contribution in [0.4, 0.5) is 0 Å². The highest BCUT2D eigenvalue weighted by Gasteiger charge is 2.18. The Labute approximate surface area is 116 Å². The van der Waals surface area contributed by atoms with Gasteiger partial charge in [0, 0.05) is 39.3 Å². The van der Waals surface area contributed by atoms with Gasteiger partial charge in [0.25, 0.3) is 0 Å². The Hall–Kier alpha value is -1.17. The van der Waals surface area contributed by atoms with Crippen molar-refractivity contribution in [3.05, 3.63) is 33.4 Å². The topological polar surface area (TPSA) is 37.3 Å². The zero-order valence-corrected chi connectivity index (χ0v) is 12.2. The van der Waals surface area contributed by atoms with Crippen molar-refractivity contribution >= 4 is 21.6 Å². The molecule has 1 aliphatic rings. The van der Waals surface area contributed by atoms with Crippen molar-refractivity contribution in [2.24, 2.45) is 7.05 Å². The Kier molecular flexibility index (Phi) is 3.43. The summed E-state index contributed by atoms with van der Waals surface area (Å²) in [6, 6.07) is 6.94. The third-order valence-electron chi connectivity index (χ3n) is 3.88. The number of aromatic nitrogens is 1. The molecule has 0 saturated carbocycles. The fourth-order valence-electron chi connectivity index (χ4n) is 2.63. The summed E-state index contributed by atoms with van der Waals surface area (Å²) in [5.74, 6) is 0. The third kappa shape index (κ3) is 2.45. The molecule has 3 rings (SSSR count). The van der Waals surface area contributed by atoms with Gasteiger partial charge >= 0.3 is 4.87 Å². The molecule has 102 valence electrons. The van der Waals surface area contributed by atoms with E-state index in [0.717, 1.165) is 36.4 Å². The number of thiazole rings is 1. The highest BCUT2D eigenvalue weighted by Crippen LogP contribution is 2.20. The van der Waals surface area contributed by atoms with E-state index in [1.165, 1.54) is 16.9 Å². The molecule has 0 spiro atoms. The Balaban J connectivity index is 1.87. The second-order valence-electron chi connectivity index (χ2n) is 5.25. The largest absolute Gasteiger partial charge is 0.314 e. The van der Waals surface area contributed by atoms with E-state index < -0.39 is 0 Å². The molecule has 1 aromatic carbocycles. The zero-order valence-electron chi connectivity index (χ0n) is 11.3. The lowest BCUT2D eigenvalue weighted by Gasteiger charge is -2.33. The fraction of sp³-hybridized carbons (Fsp3) is 0.500. The van der Waals surface area contributed by atoms with Crippen molar-refractivity contribution in [2.45, 2.75) is 19.5 Å². The van der Waals surface area contributed by atoms with Gasteiger partial charge in [-0.25, -0.2) is 0 Å². The van der Waals surface area contributed by atoms with Crippen molar-refractivity contribution in [3.63, 3.8) is 0 Å². The summed E-state index contributed by atoms with van der Waals surface area (Å²) < 4.78 is 2.81. The maximum Gasteiger partial charge on any atom is 0.307 e. The number of benzene rings is 1. The lowest BCUT2D eigenvalue weighted by atomic mass is 10.1. The number of nitrogens with zero attached hydrogens (tertiary/aromatic N) is 2. The number of rotatable bonds is 2. The van der Waals surface area contributed by atoms with Crippen molar-refractivity contribution < 1.29 is 0 Å². The summed E-state index contributed by atoms with van der Waals surface area (Å²) in [7, 11) is 1.83. The number of aryl methyl sites for hydroxylation is 1. The predicted molar refractivity (Wildman–Crippen MR) is 79.8 cm³/mol. The maximum atomic E-state index is 11.7. The van der Waals surface area contributed by atoms with Gasteiger partial charge in [0.2, 0.25) is 0 Å². The summed E-state index contributed by atoms with van der Waals surface area (Å²) >= 11 is 1.33. The Bertz CT molecular complexity index is 646. The lowest BCUT2D eigenvalue weighted by molar-refractivity contribution is 0.166. The van der Waals surface area contributed by atoms with E-state index in [2.05, 4.69) is 35.3 Å². The fourth-order valence-corrected chi connectivity index (χ4v) is 3.57. The van der Waals surface area contributed by atoms with E-state index in [0.29, 0.717) is 6.04 Å². The minimum atomic E-state index is 0.114. The molecule has 1 atom stereocenters. The first-order chi connectivity index (χ1) is 9.15. The van der Waals surface area contributed by atoms with Crippen molar-refractivity contribution in [1.82, 2.24) is 14.8 Å². The van der Waals surface area contributed by atoms with Gasteiger partial charge < -0.3 is 9.88 Å². The van der Waals surface area contributed by atoms with E-state index in [1.54, 1.807) is 4.57 Å². The number of nitrogens with one attached hydrogen (secondary N) is 1. The van der Waals surface area contributed by atoms with Crippen LogP contribution in [0.5, 0.6) is 0 Å². The summed E-state index contributed by atoms with van der Waals surface area (Å²) in [4.78, 5) is 14.3. The molecular weight excluding hydrogens is 258 g/mol. The second kappa shape index (κ2) is 5.07. The lowest BCUT2D eigenvalue weighted by Crippen LogP contribution is -2.49. The first-order valence-corrected chi connectivity index (χ1v) is 7.50. The molecule has 1 N–H and O–H groups in total. The molecule has 1 fully saturated rings. The molecule has 4 nitrogen and oxygen atoms in total. The van der Waals surface area contributed by atoms with Crippen LogP contribution in [0.3, 0.4) is 0 Å². The Morgan fingerprint density at radius 1 is 1.47 bits per heavy atom. The molecule has 2 aromatic rings. The first kappa shape index (κ1) is 12.8. The van der Waals surface area contributed by atoms with Crippen LogP contribution in [-0.4, -0.2) is 35.1 Å². The van der Waals surface area contributed by atoms with E-state index in [4.69, 9.17) is 0 Å². The molecule has 0 amide bonds. The van der Waals surface area contributed by atoms with E-state index in [1.807, 2.05) is 7.05 Å². The molecule has 5 heteroatoms. The summed E-state index contributed by atoms with van der Waals surface area (Å²) in [5, 5.41) is 3.41. The second-order valence-corrected chi connectivity index (χ2v) is 6.25. The minimum absolute atomic E-state index is 0.114. The standard InChI is InChI=1S/C14H19N3OS/c1-10-8-15-5-6-17(10)9-11-3-4-12-13(7-11)19-14(18)16(12)2/h3-4,7,10,15H,5-6,8-9H2,1-2H3/t10-/m1/s1. The SMILES string of the molecule is C[C@@H]1CNCCN1Cc1ccc2c(c1)sc(=O)n2C. The van der Waals surface area contributed by atoms with Gasteiger partial charge in [-0.2, -0.15) is 0 Å². The van der Waals surface area contributed by atoms with Crippen LogP contribution >= 0.6 is 11.3 Å². The van der Waals surface area contributed by atoms with Crippen LogP contribution in [0.2, 0.25) is 0 Å². The molecule has 0 bridgehead atoms. The number of hydrogen-bond acceptors (Lipinski definition) is 4. The van der Waals surface area contributed by atoms with Gasteiger partial charge in [-0.1, -0.05) is 17.4 Å². The molecular formula is C14H19N3OS. The first-order valence-electron chi connectivity index (χ1n) is 6.68. The number of piperazine rings is 1. The number of fused-ring (bicyclic) bond motifs is 1. The summed E-state index contributed by atoms with van der Waals surface area (Å²) in [6.45, 7) is 6.43. The van der Waals surface area contributed by atoms with E-state index in [9.17, 15) is 4.79 Å². The molecule has 2 heterocycles. The molecule has 19 heavy (non-hydrogen) atoms. The molecule has 0 unspecified atom stereocenters. The van der Waals surface area contributed by atoms with Gasteiger partial charge in [0.15, 0.2) is 0 Å². The monoisotopic (exact) mass is 277 g/mol. The van der Waals surface area contributed by atoms with Crippen molar-refractivity contribution in [1.29, 1.82) is 0 Å².